The molecule has 2 aromatic rings. The summed E-state index contributed by atoms with van der Waals surface area (Å²) in [6.07, 6.45) is 0. The maximum absolute atomic E-state index is 12.3. The molecule has 0 aliphatic carbocycles. The summed E-state index contributed by atoms with van der Waals surface area (Å²) < 4.78 is 25.6. The zero-order valence-electron chi connectivity index (χ0n) is 11.6. The van der Waals surface area contributed by atoms with Gasteiger partial charge in [0, 0.05) is 0 Å². The molecule has 0 saturated heterocycles. The lowest BCUT2D eigenvalue weighted by molar-refractivity contribution is 0.575. The van der Waals surface area contributed by atoms with Gasteiger partial charge in [-0.15, -0.1) is 16.2 Å². The second-order valence-corrected chi connectivity index (χ2v) is 8.70. The lowest BCUT2D eigenvalue weighted by Gasteiger charge is -2.12. The Morgan fingerprint density at radius 1 is 1.24 bits per heavy atom. The van der Waals surface area contributed by atoms with E-state index in [2.05, 4.69) is 32.8 Å². The van der Waals surface area contributed by atoms with E-state index in [-0.39, 0.29) is 4.90 Å². The lowest BCUT2D eigenvalue weighted by Crippen LogP contribution is -2.36. The van der Waals surface area contributed by atoms with E-state index in [0.717, 1.165) is 14.2 Å². The maximum Gasteiger partial charge on any atom is 0.257 e. The Morgan fingerprint density at radius 3 is 2.57 bits per heavy atom. The van der Waals surface area contributed by atoms with Gasteiger partial charge in [-0.05, 0) is 59.1 Å². The molecule has 21 heavy (non-hydrogen) atoms. The third-order valence-electron chi connectivity index (χ3n) is 2.84. The van der Waals surface area contributed by atoms with Crippen LogP contribution in [-0.4, -0.2) is 8.42 Å². The SMILES string of the molecule is C=C(NNS(=O)(=O)c1cc(C)ccc1C)c1ccc(Br)s1. The van der Waals surface area contributed by atoms with E-state index >= 15 is 0 Å². The van der Waals surface area contributed by atoms with Gasteiger partial charge in [0.15, 0.2) is 0 Å². The number of hydrogen-bond donors (Lipinski definition) is 2. The number of rotatable bonds is 5. The molecule has 0 amide bonds. The summed E-state index contributed by atoms with van der Waals surface area (Å²) in [5.74, 6) is 0. The summed E-state index contributed by atoms with van der Waals surface area (Å²) in [6, 6.07) is 9.05. The van der Waals surface area contributed by atoms with Crippen molar-refractivity contribution in [3.63, 3.8) is 0 Å². The van der Waals surface area contributed by atoms with Gasteiger partial charge in [-0.25, -0.2) is 8.42 Å². The molecule has 7 heteroatoms. The smallest absolute Gasteiger partial charge is 0.257 e. The first kappa shape index (κ1) is 16.2. The zero-order chi connectivity index (χ0) is 15.6. The first-order valence-corrected chi connectivity index (χ1v) is 9.18. The Balaban J connectivity index is 2.15. The molecular formula is C14H15BrN2O2S2. The minimum Gasteiger partial charge on any atom is -0.307 e. The van der Waals surface area contributed by atoms with Crippen molar-refractivity contribution in [1.29, 1.82) is 0 Å². The van der Waals surface area contributed by atoms with Crippen molar-refractivity contribution in [3.8, 4) is 0 Å². The largest absolute Gasteiger partial charge is 0.307 e. The molecule has 0 spiro atoms. The van der Waals surface area contributed by atoms with E-state index in [9.17, 15) is 8.42 Å². The number of hydrazine groups is 1. The predicted molar refractivity (Wildman–Crippen MR) is 90.4 cm³/mol. The van der Waals surface area contributed by atoms with Crippen LogP contribution in [0, 0.1) is 13.8 Å². The number of aryl methyl sites for hydroxylation is 2. The van der Waals surface area contributed by atoms with E-state index in [4.69, 9.17) is 0 Å². The first-order chi connectivity index (χ1) is 9.79. The average Bonchev–Trinajstić information content (AvgIpc) is 2.85. The Bertz CT molecular complexity index is 782. The van der Waals surface area contributed by atoms with Crippen LogP contribution in [0.5, 0.6) is 0 Å². The van der Waals surface area contributed by atoms with Crippen molar-refractivity contribution in [2.45, 2.75) is 18.7 Å². The highest BCUT2D eigenvalue weighted by atomic mass is 79.9. The molecule has 1 heterocycles. The number of hydrogen-bond acceptors (Lipinski definition) is 4. The van der Waals surface area contributed by atoms with Crippen molar-refractivity contribution < 1.29 is 8.42 Å². The molecule has 0 unspecified atom stereocenters. The Labute approximate surface area is 137 Å². The Kier molecular flexibility index (Phi) is 4.88. The minimum absolute atomic E-state index is 0.259. The highest BCUT2D eigenvalue weighted by molar-refractivity contribution is 9.11. The topological polar surface area (TPSA) is 58.2 Å². The van der Waals surface area contributed by atoms with Crippen LogP contribution in [0.1, 0.15) is 16.0 Å². The highest BCUT2D eigenvalue weighted by Gasteiger charge is 2.17. The van der Waals surface area contributed by atoms with Crippen molar-refractivity contribution in [2.24, 2.45) is 0 Å². The molecule has 1 aromatic heterocycles. The van der Waals surface area contributed by atoms with Crippen LogP contribution in [0.2, 0.25) is 0 Å². The van der Waals surface area contributed by atoms with Gasteiger partial charge in [0.25, 0.3) is 10.0 Å². The normalized spacial score (nSPS) is 11.4. The Hall–Kier alpha value is -1.15. The zero-order valence-corrected chi connectivity index (χ0v) is 14.8. The van der Waals surface area contributed by atoms with E-state index in [0.29, 0.717) is 11.3 Å². The number of nitrogens with one attached hydrogen (secondary N) is 2. The molecule has 4 nitrogen and oxygen atoms in total. The van der Waals surface area contributed by atoms with Crippen LogP contribution < -0.4 is 10.3 Å². The third-order valence-corrected chi connectivity index (χ3v) is 5.91. The van der Waals surface area contributed by atoms with E-state index in [1.807, 2.05) is 25.1 Å². The van der Waals surface area contributed by atoms with Crippen molar-refractivity contribution in [3.05, 3.63) is 56.7 Å². The van der Waals surface area contributed by atoms with Gasteiger partial charge in [-0.3, -0.25) is 0 Å². The molecule has 0 atom stereocenters. The molecule has 112 valence electrons. The molecule has 1 aromatic carbocycles. The minimum atomic E-state index is -3.64. The van der Waals surface area contributed by atoms with Crippen LogP contribution in [0.4, 0.5) is 0 Å². The number of benzene rings is 1. The van der Waals surface area contributed by atoms with Gasteiger partial charge < -0.3 is 5.43 Å². The standard InChI is InChI=1S/C14H15BrN2O2S2/c1-9-4-5-10(2)13(8-9)21(18,19)17-16-11(3)12-6-7-14(15)20-12/h4-8,16-17H,3H2,1-2H3. The van der Waals surface area contributed by atoms with Gasteiger partial charge in [-0.2, -0.15) is 0 Å². The molecule has 2 N–H and O–H groups in total. The highest BCUT2D eigenvalue weighted by Crippen LogP contribution is 2.25. The molecule has 0 bridgehead atoms. The van der Waals surface area contributed by atoms with E-state index in [1.54, 1.807) is 19.1 Å². The predicted octanol–water partition coefficient (Wildman–Crippen LogP) is 3.58. The summed E-state index contributed by atoms with van der Waals surface area (Å²) in [6.45, 7) is 7.44. The summed E-state index contributed by atoms with van der Waals surface area (Å²) in [4.78, 5) is 3.48. The maximum atomic E-state index is 12.3. The van der Waals surface area contributed by atoms with Crippen molar-refractivity contribution in [1.82, 2.24) is 10.3 Å². The van der Waals surface area contributed by atoms with Crippen molar-refractivity contribution >= 4 is 43.0 Å². The second-order valence-electron chi connectivity index (χ2n) is 4.58. The quantitative estimate of drug-likeness (QED) is 0.771. The van der Waals surface area contributed by atoms with Crippen LogP contribution in [0.3, 0.4) is 0 Å². The average molecular weight is 387 g/mol. The van der Waals surface area contributed by atoms with Crippen LogP contribution in [-0.2, 0) is 10.0 Å². The molecule has 0 aliphatic rings. The summed E-state index contributed by atoms with van der Waals surface area (Å²) >= 11 is 4.82. The molecule has 0 saturated carbocycles. The summed E-state index contributed by atoms with van der Waals surface area (Å²) in [5.41, 5.74) is 4.74. The fraction of sp³-hybridized carbons (Fsp3) is 0.143. The number of thiophene rings is 1. The number of sulfonamides is 1. The van der Waals surface area contributed by atoms with Gasteiger partial charge in [-0.1, -0.05) is 18.7 Å². The fourth-order valence-electron chi connectivity index (χ4n) is 1.72. The van der Waals surface area contributed by atoms with Crippen LogP contribution in [0.15, 0.2) is 45.6 Å². The second kappa shape index (κ2) is 6.31. The van der Waals surface area contributed by atoms with E-state index in [1.165, 1.54) is 11.3 Å². The van der Waals surface area contributed by atoms with Gasteiger partial charge in [0.1, 0.15) is 0 Å². The Morgan fingerprint density at radius 2 is 1.95 bits per heavy atom. The summed E-state index contributed by atoms with van der Waals surface area (Å²) in [7, 11) is -3.64. The van der Waals surface area contributed by atoms with Crippen LogP contribution in [0.25, 0.3) is 5.70 Å². The van der Waals surface area contributed by atoms with Crippen LogP contribution >= 0.6 is 27.3 Å². The fourth-order valence-corrected chi connectivity index (χ4v) is 4.23. The molecule has 0 fully saturated rings. The lowest BCUT2D eigenvalue weighted by atomic mass is 10.2. The van der Waals surface area contributed by atoms with Gasteiger partial charge >= 0.3 is 0 Å². The summed E-state index contributed by atoms with van der Waals surface area (Å²) in [5, 5.41) is 0. The third kappa shape index (κ3) is 3.94. The van der Waals surface area contributed by atoms with Gasteiger partial charge in [0.05, 0.1) is 19.3 Å². The molecule has 0 aliphatic heterocycles. The molecule has 2 rings (SSSR count). The first-order valence-electron chi connectivity index (χ1n) is 6.09. The molecular weight excluding hydrogens is 372 g/mol. The van der Waals surface area contributed by atoms with E-state index < -0.39 is 10.0 Å². The monoisotopic (exact) mass is 386 g/mol. The van der Waals surface area contributed by atoms with Crippen molar-refractivity contribution in [2.75, 3.05) is 0 Å². The van der Waals surface area contributed by atoms with Gasteiger partial charge in [0.2, 0.25) is 0 Å². The number of halogens is 1. The molecule has 0 radical (unpaired) electrons.